The molecule has 0 unspecified atom stereocenters. The molecule has 1 aromatic heterocycles. The number of carbonyl (C=O) groups is 1. The number of rotatable bonds is 2. The minimum atomic E-state index is -0.511. The third-order valence-electron chi connectivity index (χ3n) is 1.34. The van der Waals surface area contributed by atoms with Gasteiger partial charge in [-0.25, -0.2) is 9.78 Å². The Labute approximate surface area is 69.5 Å². The number of anilines is 1. The van der Waals surface area contributed by atoms with Gasteiger partial charge in [0.25, 0.3) is 0 Å². The lowest BCUT2D eigenvalue weighted by molar-refractivity contribution is 0.0595. The molecule has 0 radical (unpaired) electrons. The molecular weight excluding hydrogens is 158 g/mol. The van der Waals surface area contributed by atoms with E-state index in [4.69, 9.17) is 5.84 Å². The maximum absolute atomic E-state index is 11.0. The molecule has 5 heteroatoms. The van der Waals surface area contributed by atoms with Gasteiger partial charge in [-0.15, -0.1) is 0 Å². The summed E-state index contributed by atoms with van der Waals surface area (Å²) in [4.78, 5) is 14.8. The van der Waals surface area contributed by atoms with Gasteiger partial charge >= 0.3 is 5.97 Å². The van der Waals surface area contributed by atoms with Crippen LogP contribution >= 0.6 is 0 Å². The largest absolute Gasteiger partial charge is 0.464 e. The Hall–Kier alpha value is -1.62. The number of hydrogen-bond acceptors (Lipinski definition) is 5. The zero-order valence-electron chi connectivity index (χ0n) is 6.57. The molecule has 0 atom stereocenters. The number of nitrogens with two attached hydrogens (primary N) is 1. The minimum Gasteiger partial charge on any atom is -0.464 e. The van der Waals surface area contributed by atoms with E-state index in [9.17, 15) is 4.79 Å². The highest BCUT2D eigenvalue weighted by atomic mass is 16.5. The van der Waals surface area contributed by atoms with Crippen LogP contribution < -0.4 is 11.3 Å². The summed E-state index contributed by atoms with van der Waals surface area (Å²) in [5, 5.41) is 0. The fraction of sp³-hybridized carbons (Fsp3) is 0.143. The van der Waals surface area contributed by atoms with E-state index < -0.39 is 5.97 Å². The number of aromatic nitrogens is 1. The van der Waals surface area contributed by atoms with Crippen LogP contribution in [0.25, 0.3) is 0 Å². The number of esters is 1. The molecule has 0 saturated carbocycles. The number of hydrogen-bond donors (Lipinski definition) is 2. The van der Waals surface area contributed by atoms with E-state index in [1.807, 2.05) is 0 Å². The average Bonchev–Trinajstić information content (AvgIpc) is 2.16. The van der Waals surface area contributed by atoms with Crippen LogP contribution in [0.5, 0.6) is 0 Å². The van der Waals surface area contributed by atoms with Gasteiger partial charge in [0.15, 0.2) is 5.69 Å². The molecule has 0 saturated heterocycles. The SMILES string of the molecule is COC(=O)c1ncccc1NN. The second-order valence-electron chi connectivity index (χ2n) is 2.04. The molecule has 3 N–H and O–H groups in total. The summed E-state index contributed by atoms with van der Waals surface area (Å²) in [6, 6.07) is 3.31. The van der Waals surface area contributed by atoms with Gasteiger partial charge in [-0.3, -0.25) is 5.84 Å². The zero-order valence-corrected chi connectivity index (χ0v) is 6.57. The Morgan fingerprint density at radius 1 is 1.75 bits per heavy atom. The highest BCUT2D eigenvalue weighted by molar-refractivity contribution is 5.93. The van der Waals surface area contributed by atoms with Crippen LogP contribution in [0.15, 0.2) is 18.3 Å². The van der Waals surface area contributed by atoms with Gasteiger partial charge in [0, 0.05) is 6.20 Å². The monoisotopic (exact) mass is 167 g/mol. The zero-order chi connectivity index (χ0) is 8.97. The maximum atomic E-state index is 11.0. The molecule has 1 aromatic rings. The van der Waals surface area contributed by atoms with Gasteiger partial charge in [0.05, 0.1) is 12.8 Å². The van der Waals surface area contributed by atoms with Gasteiger partial charge in [0.2, 0.25) is 0 Å². The Morgan fingerprint density at radius 2 is 2.50 bits per heavy atom. The Bertz CT molecular complexity index is 288. The molecular formula is C7H9N3O2. The fourth-order valence-electron chi connectivity index (χ4n) is 0.781. The van der Waals surface area contributed by atoms with E-state index >= 15 is 0 Å². The van der Waals surface area contributed by atoms with Crippen molar-refractivity contribution in [2.75, 3.05) is 12.5 Å². The van der Waals surface area contributed by atoms with Crippen molar-refractivity contribution < 1.29 is 9.53 Å². The van der Waals surface area contributed by atoms with Crippen molar-refractivity contribution in [2.24, 2.45) is 5.84 Å². The van der Waals surface area contributed by atoms with Gasteiger partial charge in [0.1, 0.15) is 0 Å². The molecule has 5 nitrogen and oxygen atoms in total. The van der Waals surface area contributed by atoms with Crippen LogP contribution in [0.2, 0.25) is 0 Å². The molecule has 12 heavy (non-hydrogen) atoms. The molecule has 0 aromatic carbocycles. The van der Waals surface area contributed by atoms with Crippen LogP contribution in [-0.4, -0.2) is 18.1 Å². The molecule has 1 heterocycles. The maximum Gasteiger partial charge on any atom is 0.358 e. The van der Waals surface area contributed by atoms with Gasteiger partial charge < -0.3 is 10.2 Å². The number of carbonyl (C=O) groups excluding carboxylic acids is 1. The van der Waals surface area contributed by atoms with Crippen molar-refractivity contribution >= 4 is 11.7 Å². The number of nitrogens with one attached hydrogen (secondary N) is 1. The predicted molar refractivity (Wildman–Crippen MR) is 43.4 cm³/mol. The van der Waals surface area contributed by atoms with Crippen LogP contribution in [0, 0.1) is 0 Å². The molecule has 0 spiro atoms. The number of pyridine rings is 1. The van der Waals surface area contributed by atoms with Gasteiger partial charge in [-0.1, -0.05) is 0 Å². The molecule has 1 rings (SSSR count). The molecule has 0 aliphatic heterocycles. The van der Waals surface area contributed by atoms with E-state index in [0.717, 1.165) is 0 Å². The van der Waals surface area contributed by atoms with Crippen LogP contribution in [0.3, 0.4) is 0 Å². The number of nitrogens with zero attached hydrogens (tertiary/aromatic N) is 1. The first-order chi connectivity index (χ1) is 5.79. The third kappa shape index (κ3) is 1.51. The first-order valence-electron chi connectivity index (χ1n) is 3.29. The molecule has 0 fully saturated rings. The highest BCUT2D eigenvalue weighted by Gasteiger charge is 2.10. The summed E-state index contributed by atoms with van der Waals surface area (Å²) in [6.07, 6.45) is 1.49. The standard InChI is InChI=1S/C7H9N3O2/c1-12-7(11)6-5(10-8)3-2-4-9-6/h2-4,10H,8H2,1H3. The first-order valence-corrected chi connectivity index (χ1v) is 3.29. The first kappa shape index (κ1) is 8.48. The van der Waals surface area contributed by atoms with Crippen LogP contribution in [-0.2, 0) is 4.74 Å². The second-order valence-corrected chi connectivity index (χ2v) is 2.04. The quantitative estimate of drug-likeness (QED) is 0.372. The number of hydrazine groups is 1. The lowest BCUT2D eigenvalue weighted by Crippen LogP contribution is -2.14. The summed E-state index contributed by atoms with van der Waals surface area (Å²) in [7, 11) is 1.29. The van der Waals surface area contributed by atoms with Crippen molar-refractivity contribution in [2.45, 2.75) is 0 Å². The van der Waals surface area contributed by atoms with E-state index in [0.29, 0.717) is 5.69 Å². The minimum absolute atomic E-state index is 0.183. The van der Waals surface area contributed by atoms with Crippen molar-refractivity contribution in [3.05, 3.63) is 24.0 Å². The second kappa shape index (κ2) is 3.68. The normalized spacial score (nSPS) is 9.17. The number of nitrogen functional groups attached to an aromatic ring is 1. The smallest absolute Gasteiger partial charge is 0.358 e. The lowest BCUT2D eigenvalue weighted by Gasteiger charge is -2.03. The van der Waals surface area contributed by atoms with Gasteiger partial charge in [-0.2, -0.15) is 0 Å². The van der Waals surface area contributed by atoms with Crippen LogP contribution in [0.1, 0.15) is 10.5 Å². The molecule has 0 bridgehead atoms. The topological polar surface area (TPSA) is 77.2 Å². The van der Waals surface area contributed by atoms with Crippen LogP contribution in [0.4, 0.5) is 5.69 Å². The molecule has 0 aliphatic carbocycles. The van der Waals surface area contributed by atoms with Crippen molar-refractivity contribution in [3.63, 3.8) is 0 Å². The average molecular weight is 167 g/mol. The molecule has 0 amide bonds. The fourth-order valence-corrected chi connectivity index (χ4v) is 0.781. The van der Waals surface area contributed by atoms with Crippen molar-refractivity contribution in [1.82, 2.24) is 4.98 Å². The van der Waals surface area contributed by atoms with Gasteiger partial charge in [-0.05, 0) is 12.1 Å². The molecule has 64 valence electrons. The Balaban J connectivity index is 3.04. The summed E-state index contributed by atoms with van der Waals surface area (Å²) in [6.45, 7) is 0. The third-order valence-corrected chi connectivity index (χ3v) is 1.34. The lowest BCUT2D eigenvalue weighted by atomic mass is 10.3. The van der Waals surface area contributed by atoms with E-state index in [2.05, 4.69) is 15.1 Å². The number of methoxy groups -OCH3 is 1. The highest BCUT2D eigenvalue weighted by Crippen LogP contribution is 2.10. The summed E-state index contributed by atoms with van der Waals surface area (Å²) in [5.74, 6) is 4.63. The Morgan fingerprint density at radius 3 is 3.08 bits per heavy atom. The summed E-state index contributed by atoms with van der Waals surface area (Å²) in [5.41, 5.74) is 2.98. The summed E-state index contributed by atoms with van der Waals surface area (Å²) >= 11 is 0. The van der Waals surface area contributed by atoms with Crippen molar-refractivity contribution in [1.29, 1.82) is 0 Å². The van der Waals surface area contributed by atoms with E-state index in [1.165, 1.54) is 13.3 Å². The summed E-state index contributed by atoms with van der Waals surface area (Å²) < 4.78 is 4.48. The number of ether oxygens (including phenoxy) is 1. The van der Waals surface area contributed by atoms with E-state index in [-0.39, 0.29) is 5.69 Å². The van der Waals surface area contributed by atoms with E-state index in [1.54, 1.807) is 12.1 Å². The van der Waals surface area contributed by atoms with Crippen molar-refractivity contribution in [3.8, 4) is 0 Å². The molecule has 0 aliphatic rings. The Kier molecular flexibility index (Phi) is 2.60. The predicted octanol–water partition coefficient (Wildman–Crippen LogP) is 0.154.